The summed E-state index contributed by atoms with van der Waals surface area (Å²) in [4.78, 5) is 0. The maximum atomic E-state index is 5.89. The van der Waals surface area contributed by atoms with Crippen LogP contribution < -0.4 is 10.1 Å². The number of nitrogens with one attached hydrogen (secondary N) is 1. The van der Waals surface area contributed by atoms with Crippen LogP contribution in [0.15, 0.2) is 12.1 Å². The lowest BCUT2D eigenvalue weighted by Gasteiger charge is -2.33. The molecule has 1 aromatic rings. The zero-order valence-corrected chi connectivity index (χ0v) is 11.3. The number of hydrogen-bond acceptors (Lipinski definition) is 2. The van der Waals surface area contributed by atoms with Gasteiger partial charge in [0.1, 0.15) is 5.75 Å². The zero-order chi connectivity index (χ0) is 12.4. The van der Waals surface area contributed by atoms with E-state index in [1.54, 1.807) is 0 Å². The first-order valence-electron chi connectivity index (χ1n) is 6.60. The fraction of sp³-hybridized carbons (Fsp3) is 0.600. The Labute approximate surface area is 104 Å². The molecule has 2 heteroatoms. The predicted octanol–water partition coefficient (Wildman–Crippen LogP) is 3.37. The number of ether oxygens (including phenoxy) is 1. The number of rotatable bonds is 3. The van der Waals surface area contributed by atoms with E-state index >= 15 is 0 Å². The molecule has 1 heterocycles. The summed E-state index contributed by atoms with van der Waals surface area (Å²) in [6.07, 6.45) is 1.17. The van der Waals surface area contributed by atoms with Crippen molar-refractivity contribution in [2.24, 2.45) is 5.92 Å². The molecule has 0 spiro atoms. The van der Waals surface area contributed by atoms with Crippen LogP contribution in [0.1, 0.15) is 43.0 Å². The average Bonchev–Trinajstić information content (AvgIpc) is 2.27. The molecule has 1 aromatic carbocycles. The fourth-order valence-corrected chi connectivity index (χ4v) is 2.64. The van der Waals surface area contributed by atoms with E-state index in [-0.39, 0.29) is 0 Å². The van der Waals surface area contributed by atoms with Crippen LogP contribution in [0.2, 0.25) is 0 Å². The summed E-state index contributed by atoms with van der Waals surface area (Å²) in [5.41, 5.74) is 3.92. The van der Waals surface area contributed by atoms with Crippen molar-refractivity contribution < 1.29 is 4.74 Å². The van der Waals surface area contributed by atoms with E-state index in [0.29, 0.717) is 12.0 Å². The topological polar surface area (TPSA) is 21.3 Å². The molecule has 0 fully saturated rings. The first kappa shape index (κ1) is 12.4. The van der Waals surface area contributed by atoms with Crippen LogP contribution >= 0.6 is 0 Å². The monoisotopic (exact) mass is 233 g/mol. The molecule has 94 valence electrons. The van der Waals surface area contributed by atoms with Crippen molar-refractivity contribution in [2.45, 2.75) is 40.2 Å². The van der Waals surface area contributed by atoms with Gasteiger partial charge in [0.05, 0.1) is 6.61 Å². The highest BCUT2D eigenvalue weighted by molar-refractivity contribution is 5.46. The Bertz CT molecular complexity index is 400. The summed E-state index contributed by atoms with van der Waals surface area (Å²) in [7, 11) is 0. The first-order chi connectivity index (χ1) is 8.13. The molecule has 1 N–H and O–H groups in total. The van der Waals surface area contributed by atoms with Crippen molar-refractivity contribution >= 4 is 0 Å². The average molecular weight is 233 g/mol. The molecule has 0 saturated heterocycles. The van der Waals surface area contributed by atoms with Crippen molar-refractivity contribution in [2.75, 3.05) is 13.2 Å². The van der Waals surface area contributed by atoms with Gasteiger partial charge in [-0.2, -0.15) is 0 Å². The first-order valence-corrected chi connectivity index (χ1v) is 6.60. The molecule has 2 unspecified atom stereocenters. The largest absolute Gasteiger partial charge is 0.493 e. The summed E-state index contributed by atoms with van der Waals surface area (Å²) in [5, 5.41) is 3.65. The third kappa shape index (κ3) is 2.47. The van der Waals surface area contributed by atoms with E-state index in [1.807, 2.05) is 0 Å². The van der Waals surface area contributed by atoms with E-state index in [4.69, 9.17) is 4.74 Å². The predicted molar refractivity (Wildman–Crippen MR) is 71.6 cm³/mol. The quantitative estimate of drug-likeness (QED) is 0.864. The molecule has 1 aliphatic rings. The molecule has 0 saturated carbocycles. The second-order valence-electron chi connectivity index (χ2n) is 5.22. The van der Waals surface area contributed by atoms with Gasteiger partial charge in [0.2, 0.25) is 0 Å². The second-order valence-corrected chi connectivity index (χ2v) is 5.22. The molecule has 2 nitrogen and oxygen atoms in total. The Hall–Kier alpha value is -1.02. The Morgan fingerprint density at radius 3 is 2.82 bits per heavy atom. The van der Waals surface area contributed by atoms with E-state index in [0.717, 1.165) is 18.9 Å². The van der Waals surface area contributed by atoms with Gasteiger partial charge in [0, 0.05) is 17.5 Å². The van der Waals surface area contributed by atoms with E-state index in [9.17, 15) is 0 Å². The molecular weight excluding hydrogens is 210 g/mol. The SMILES string of the molecule is CCCNC1c2cc(C)cc(C)c2OCC1C. The maximum Gasteiger partial charge on any atom is 0.127 e. The lowest BCUT2D eigenvalue weighted by atomic mass is 9.89. The molecular formula is C15H23NO. The minimum Gasteiger partial charge on any atom is -0.493 e. The van der Waals surface area contributed by atoms with Gasteiger partial charge >= 0.3 is 0 Å². The highest BCUT2D eigenvalue weighted by Gasteiger charge is 2.28. The smallest absolute Gasteiger partial charge is 0.127 e. The molecule has 2 rings (SSSR count). The lowest BCUT2D eigenvalue weighted by Crippen LogP contribution is -2.34. The number of fused-ring (bicyclic) bond motifs is 1. The van der Waals surface area contributed by atoms with Gasteiger partial charge in [-0.3, -0.25) is 0 Å². The normalized spacial score (nSPS) is 23.1. The minimum absolute atomic E-state index is 0.442. The molecule has 0 aliphatic carbocycles. The van der Waals surface area contributed by atoms with Gasteiger partial charge in [-0.05, 0) is 32.4 Å². The lowest BCUT2D eigenvalue weighted by molar-refractivity contribution is 0.187. The summed E-state index contributed by atoms with van der Waals surface area (Å²) in [6, 6.07) is 4.91. The van der Waals surface area contributed by atoms with Gasteiger partial charge in [0.25, 0.3) is 0 Å². The van der Waals surface area contributed by atoms with Crippen molar-refractivity contribution in [3.63, 3.8) is 0 Å². The highest BCUT2D eigenvalue weighted by atomic mass is 16.5. The Morgan fingerprint density at radius 1 is 1.35 bits per heavy atom. The maximum absolute atomic E-state index is 5.89. The van der Waals surface area contributed by atoms with Crippen LogP contribution in [-0.2, 0) is 0 Å². The number of hydrogen-bond donors (Lipinski definition) is 1. The third-order valence-electron chi connectivity index (χ3n) is 3.46. The third-order valence-corrected chi connectivity index (χ3v) is 3.46. The van der Waals surface area contributed by atoms with Gasteiger partial charge < -0.3 is 10.1 Å². The Balaban J connectivity index is 2.36. The van der Waals surface area contributed by atoms with Gasteiger partial charge in [-0.1, -0.05) is 31.5 Å². The fourth-order valence-electron chi connectivity index (χ4n) is 2.64. The van der Waals surface area contributed by atoms with Crippen LogP contribution in [0.4, 0.5) is 0 Å². The van der Waals surface area contributed by atoms with Crippen molar-refractivity contribution in [1.29, 1.82) is 0 Å². The van der Waals surface area contributed by atoms with Gasteiger partial charge in [-0.25, -0.2) is 0 Å². The summed E-state index contributed by atoms with van der Waals surface area (Å²) in [5.74, 6) is 1.64. The summed E-state index contributed by atoms with van der Waals surface area (Å²) in [6.45, 7) is 10.6. The molecule has 1 aliphatic heterocycles. The molecule has 0 aromatic heterocycles. The number of benzene rings is 1. The van der Waals surface area contributed by atoms with Crippen molar-refractivity contribution in [3.8, 4) is 5.75 Å². The van der Waals surface area contributed by atoms with E-state index < -0.39 is 0 Å². The van der Waals surface area contributed by atoms with Crippen molar-refractivity contribution in [3.05, 3.63) is 28.8 Å². The Morgan fingerprint density at radius 2 is 2.12 bits per heavy atom. The molecule has 0 radical (unpaired) electrons. The highest BCUT2D eigenvalue weighted by Crippen LogP contribution is 2.38. The molecule has 0 bridgehead atoms. The van der Waals surface area contributed by atoms with Crippen LogP contribution in [0.3, 0.4) is 0 Å². The zero-order valence-electron chi connectivity index (χ0n) is 11.3. The molecule has 2 atom stereocenters. The van der Waals surface area contributed by atoms with E-state index in [2.05, 4.69) is 45.1 Å². The summed E-state index contributed by atoms with van der Waals surface area (Å²) >= 11 is 0. The van der Waals surface area contributed by atoms with Crippen LogP contribution in [-0.4, -0.2) is 13.2 Å². The second kappa shape index (κ2) is 5.09. The Kier molecular flexibility index (Phi) is 3.72. The van der Waals surface area contributed by atoms with Crippen LogP contribution in [0.25, 0.3) is 0 Å². The van der Waals surface area contributed by atoms with E-state index in [1.165, 1.54) is 23.1 Å². The minimum atomic E-state index is 0.442. The van der Waals surface area contributed by atoms with Crippen LogP contribution in [0.5, 0.6) is 5.75 Å². The standard InChI is InChI=1S/C15H23NO/c1-5-6-16-14-12(4)9-17-15-11(3)7-10(2)8-13(14)15/h7-8,12,14,16H,5-6,9H2,1-4H3. The van der Waals surface area contributed by atoms with Gasteiger partial charge in [-0.15, -0.1) is 0 Å². The number of aryl methyl sites for hydroxylation is 2. The van der Waals surface area contributed by atoms with Crippen molar-refractivity contribution in [1.82, 2.24) is 5.32 Å². The van der Waals surface area contributed by atoms with Crippen LogP contribution in [0, 0.1) is 19.8 Å². The van der Waals surface area contributed by atoms with Gasteiger partial charge in [0.15, 0.2) is 0 Å². The molecule has 17 heavy (non-hydrogen) atoms. The summed E-state index contributed by atoms with van der Waals surface area (Å²) < 4.78 is 5.89. The molecule has 0 amide bonds.